The van der Waals surface area contributed by atoms with E-state index in [4.69, 9.17) is 9.40 Å². The number of amides is 1. The Morgan fingerprint density at radius 3 is 2.54 bits per heavy atom. The maximum absolute atomic E-state index is 13.1. The Morgan fingerprint density at radius 1 is 1.14 bits per heavy atom. The van der Waals surface area contributed by atoms with Crippen molar-refractivity contribution >= 4 is 22.6 Å². The van der Waals surface area contributed by atoms with Crippen molar-refractivity contribution in [1.82, 2.24) is 14.8 Å². The molecule has 0 fully saturated rings. The minimum absolute atomic E-state index is 0.123. The fourth-order valence-electron chi connectivity index (χ4n) is 3.33. The second-order valence-corrected chi connectivity index (χ2v) is 7.12. The van der Waals surface area contributed by atoms with Crippen molar-refractivity contribution in [1.29, 1.82) is 0 Å². The zero-order valence-corrected chi connectivity index (χ0v) is 16.4. The molecule has 6 nitrogen and oxygen atoms in total. The minimum atomic E-state index is -0.193. The van der Waals surface area contributed by atoms with E-state index in [1.54, 1.807) is 6.20 Å². The number of hydrogen-bond donors (Lipinski definition) is 1. The Morgan fingerprint density at radius 2 is 1.89 bits per heavy atom. The summed E-state index contributed by atoms with van der Waals surface area (Å²) in [5.41, 5.74) is 3.54. The molecule has 1 N–H and O–H groups in total. The molecule has 0 aliphatic rings. The van der Waals surface area contributed by atoms with Crippen LogP contribution in [0.3, 0.4) is 0 Å². The highest BCUT2D eigenvalue weighted by Crippen LogP contribution is 2.30. The second kappa shape index (κ2) is 6.96. The third-order valence-corrected chi connectivity index (χ3v) is 4.65. The Labute approximate surface area is 163 Å². The van der Waals surface area contributed by atoms with E-state index < -0.39 is 0 Å². The molecule has 3 heterocycles. The minimum Gasteiger partial charge on any atom is -0.466 e. The maximum atomic E-state index is 13.1. The average Bonchev–Trinajstić information content (AvgIpc) is 3.24. The molecule has 0 bridgehead atoms. The van der Waals surface area contributed by atoms with Gasteiger partial charge in [-0.2, -0.15) is 5.10 Å². The Bertz CT molecular complexity index is 1160. The fourth-order valence-corrected chi connectivity index (χ4v) is 3.33. The van der Waals surface area contributed by atoms with Gasteiger partial charge in [0.15, 0.2) is 5.65 Å². The predicted octanol–water partition coefficient (Wildman–Crippen LogP) is 5.14. The summed E-state index contributed by atoms with van der Waals surface area (Å²) >= 11 is 0. The number of aryl methyl sites for hydroxylation is 2. The topological polar surface area (TPSA) is 73.0 Å². The summed E-state index contributed by atoms with van der Waals surface area (Å²) < 4.78 is 7.51. The van der Waals surface area contributed by atoms with E-state index in [1.807, 2.05) is 74.8 Å². The van der Waals surface area contributed by atoms with E-state index >= 15 is 0 Å². The summed E-state index contributed by atoms with van der Waals surface area (Å²) in [5, 5.41) is 8.14. The molecule has 0 aliphatic carbocycles. The summed E-state index contributed by atoms with van der Waals surface area (Å²) in [6.07, 6.45) is 1.71. The van der Waals surface area contributed by atoms with E-state index in [2.05, 4.69) is 10.4 Å². The quantitative estimate of drug-likeness (QED) is 0.537. The number of nitrogens with zero attached hydrogens (tertiary/aromatic N) is 3. The largest absolute Gasteiger partial charge is 0.466 e. The Balaban J connectivity index is 1.89. The number of pyridine rings is 1. The molecular formula is C22H22N4O2. The monoisotopic (exact) mass is 374 g/mol. The van der Waals surface area contributed by atoms with Gasteiger partial charge in [-0.3, -0.25) is 4.79 Å². The van der Waals surface area contributed by atoms with Crippen LogP contribution in [0, 0.1) is 13.8 Å². The predicted molar refractivity (Wildman–Crippen MR) is 109 cm³/mol. The Hall–Kier alpha value is -3.41. The van der Waals surface area contributed by atoms with Crippen LogP contribution in [0.2, 0.25) is 0 Å². The van der Waals surface area contributed by atoms with Crippen LogP contribution in [0.4, 0.5) is 5.69 Å². The highest BCUT2D eigenvalue weighted by molar-refractivity contribution is 6.12. The molecule has 28 heavy (non-hydrogen) atoms. The molecular weight excluding hydrogens is 352 g/mol. The lowest BCUT2D eigenvalue weighted by Crippen LogP contribution is -2.13. The number of benzene rings is 1. The van der Waals surface area contributed by atoms with Gasteiger partial charge in [0.2, 0.25) is 0 Å². The fraction of sp³-hybridized carbons (Fsp3) is 0.227. The number of furan rings is 1. The molecule has 6 heteroatoms. The molecule has 0 atom stereocenters. The molecule has 0 radical (unpaired) electrons. The van der Waals surface area contributed by atoms with Gasteiger partial charge < -0.3 is 9.73 Å². The van der Waals surface area contributed by atoms with E-state index in [-0.39, 0.29) is 11.9 Å². The number of fused-ring (bicyclic) bond motifs is 1. The van der Waals surface area contributed by atoms with Gasteiger partial charge in [-0.1, -0.05) is 18.2 Å². The molecule has 142 valence electrons. The van der Waals surface area contributed by atoms with E-state index in [0.717, 1.165) is 28.2 Å². The maximum Gasteiger partial charge on any atom is 0.256 e. The zero-order valence-electron chi connectivity index (χ0n) is 16.4. The first-order chi connectivity index (χ1) is 13.4. The SMILES string of the molecule is Cc1cc(-c2cc(C(=O)Nc3ccccc3)c3cnn(C(C)C)c3n2)c(C)o1. The number of carbonyl (C=O) groups excluding carboxylic acids is 1. The number of para-hydroxylation sites is 1. The van der Waals surface area contributed by atoms with Gasteiger partial charge in [0.25, 0.3) is 5.91 Å². The summed E-state index contributed by atoms with van der Waals surface area (Å²) in [7, 11) is 0. The molecule has 0 spiro atoms. The van der Waals surface area contributed by atoms with Gasteiger partial charge in [-0.25, -0.2) is 9.67 Å². The number of nitrogens with one attached hydrogen (secondary N) is 1. The van der Waals surface area contributed by atoms with Gasteiger partial charge in [0, 0.05) is 17.3 Å². The zero-order chi connectivity index (χ0) is 19.8. The smallest absolute Gasteiger partial charge is 0.256 e. The summed E-state index contributed by atoms with van der Waals surface area (Å²) in [5.74, 6) is 1.39. The van der Waals surface area contributed by atoms with Crippen molar-refractivity contribution in [2.75, 3.05) is 5.32 Å². The Kier molecular flexibility index (Phi) is 4.47. The molecule has 0 unspecified atom stereocenters. The molecule has 0 saturated heterocycles. The van der Waals surface area contributed by atoms with Crippen molar-refractivity contribution in [3.63, 3.8) is 0 Å². The summed E-state index contributed by atoms with van der Waals surface area (Å²) in [6, 6.07) is 13.3. The van der Waals surface area contributed by atoms with Crippen LogP contribution in [-0.4, -0.2) is 20.7 Å². The normalized spacial score (nSPS) is 11.3. The summed E-state index contributed by atoms with van der Waals surface area (Å²) in [4.78, 5) is 17.9. The molecule has 4 aromatic rings. The lowest BCUT2D eigenvalue weighted by atomic mass is 10.1. The van der Waals surface area contributed by atoms with Crippen LogP contribution < -0.4 is 5.32 Å². The second-order valence-electron chi connectivity index (χ2n) is 7.12. The van der Waals surface area contributed by atoms with Crippen LogP contribution in [0.5, 0.6) is 0 Å². The first-order valence-electron chi connectivity index (χ1n) is 9.26. The molecule has 1 amide bonds. The molecule has 1 aromatic carbocycles. The van der Waals surface area contributed by atoms with Crippen LogP contribution in [0.1, 0.15) is 41.8 Å². The van der Waals surface area contributed by atoms with Gasteiger partial charge >= 0.3 is 0 Å². The van der Waals surface area contributed by atoms with Crippen LogP contribution in [0.15, 0.2) is 53.1 Å². The van der Waals surface area contributed by atoms with Gasteiger partial charge in [-0.15, -0.1) is 0 Å². The van der Waals surface area contributed by atoms with Gasteiger partial charge in [0.1, 0.15) is 11.5 Å². The third-order valence-electron chi connectivity index (χ3n) is 4.65. The van der Waals surface area contributed by atoms with Crippen LogP contribution in [0.25, 0.3) is 22.3 Å². The van der Waals surface area contributed by atoms with E-state index in [9.17, 15) is 4.79 Å². The standard InChI is InChI=1S/C22H22N4O2/c1-13(2)26-21-19(12-23-26)18(22(27)24-16-8-6-5-7-9-16)11-20(25-21)17-10-14(3)28-15(17)4/h5-13H,1-4H3,(H,24,27). The highest BCUT2D eigenvalue weighted by Gasteiger charge is 2.20. The van der Waals surface area contributed by atoms with Crippen molar-refractivity contribution in [2.24, 2.45) is 0 Å². The number of carbonyl (C=O) groups is 1. The van der Waals surface area contributed by atoms with Crippen molar-refractivity contribution in [3.8, 4) is 11.3 Å². The first kappa shape index (κ1) is 18.0. The van der Waals surface area contributed by atoms with Crippen molar-refractivity contribution in [3.05, 3.63) is 65.7 Å². The van der Waals surface area contributed by atoms with Crippen LogP contribution >= 0.6 is 0 Å². The van der Waals surface area contributed by atoms with E-state index in [0.29, 0.717) is 16.9 Å². The van der Waals surface area contributed by atoms with E-state index in [1.165, 1.54) is 0 Å². The van der Waals surface area contributed by atoms with Crippen LogP contribution in [-0.2, 0) is 0 Å². The lowest BCUT2D eigenvalue weighted by Gasteiger charge is -2.11. The van der Waals surface area contributed by atoms with Gasteiger partial charge in [0.05, 0.1) is 22.8 Å². The summed E-state index contributed by atoms with van der Waals surface area (Å²) in [6.45, 7) is 7.88. The molecule has 0 aliphatic heterocycles. The highest BCUT2D eigenvalue weighted by atomic mass is 16.3. The lowest BCUT2D eigenvalue weighted by molar-refractivity contribution is 0.102. The molecule has 0 saturated carbocycles. The number of aromatic nitrogens is 3. The van der Waals surface area contributed by atoms with Crippen molar-refractivity contribution < 1.29 is 9.21 Å². The molecule has 3 aromatic heterocycles. The number of hydrogen-bond acceptors (Lipinski definition) is 4. The third kappa shape index (κ3) is 3.17. The van der Waals surface area contributed by atoms with Crippen molar-refractivity contribution in [2.45, 2.75) is 33.7 Å². The first-order valence-corrected chi connectivity index (χ1v) is 9.26. The average molecular weight is 374 g/mol. The number of anilines is 1. The number of rotatable bonds is 4. The van der Waals surface area contributed by atoms with Gasteiger partial charge in [-0.05, 0) is 52.0 Å². The molecule has 4 rings (SSSR count).